The van der Waals surface area contributed by atoms with Gasteiger partial charge in [-0.05, 0) is 32.1 Å². The smallest absolute Gasteiger partial charge is 0.266 e. The van der Waals surface area contributed by atoms with Crippen LogP contribution in [0.2, 0.25) is 5.02 Å². The standard InChI is InChI=1S/C15H11ClN4O3/c1-9-5-10(2)19(18-9)15(21)12(8-17)6-11-7-13(20(22)23)3-4-14(11)16/h3-7H,1-2H3/b12-6+. The molecule has 0 saturated heterocycles. The summed E-state index contributed by atoms with van der Waals surface area (Å²) >= 11 is 5.98. The highest BCUT2D eigenvalue weighted by Gasteiger charge is 2.17. The first-order valence-electron chi connectivity index (χ1n) is 6.47. The van der Waals surface area contributed by atoms with Crippen LogP contribution in [0.15, 0.2) is 29.8 Å². The van der Waals surface area contributed by atoms with E-state index < -0.39 is 10.8 Å². The summed E-state index contributed by atoms with van der Waals surface area (Å²) in [4.78, 5) is 22.6. The van der Waals surface area contributed by atoms with Gasteiger partial charge in [-0.15, -0.1) is 0 Å². The molecule has 0 atom stereocenters. The summed E-state index contributed by atoms with van der Waals surface area (Å²) in [6.45, 7) is 3.41. The van der Waals surface area contributed by atoms with Crippen LogP contribution in [0.25, 0.3) is 6.08 Å². The zero-order chi connectivity index (χ0) is 17.1. The van der Waals surface area contributed by atoms with Gasteiger partial charge in [0.15, 0.2) is 0 Å². The highest BCUT2D eigenvalue weighted by atomic mass is 35.5. The lowest BCUT2D eigenvalue weighted by Crippen LogP contribution is -2.15. The Labute approximate surface area is 136 Å². The maximum atomic E-state index is 12.4. The summed E-state index contributed by atoms with van der Waals surface area (Å²) in [7, 11) is 0. The monoisotopic (exact) mass is 330 g/mol. The van der Waals surface area contributed by atoms with Gasteiger partial charge in [-0.1, -0.05) is 11.6 Å². The molecule has 0 saturated carbocycles. The van der Waals surface area contributed by atoms with Crippen LogP contribution in [0.5, 0.6) is 0 Å². The topological polar surface area (TPSA) is 102 Å². The molecular weight excluding hydrogens is 320 g/mol. The van der Waals surface area contributed by atoms with Gasteiger partial charge in [0.25, 0.3) is 11.6 Å². The van der Waals surface area contributed by atoms with Gasteiger partial charge in [-0.3, -0.25) is 14.9 Å². The van der Waals surface area contributed by atoms with Crippen molar-refractivity contribution < 1.29 is 9.72 Å². The molecule has 8 heteroatoms. The fourth-order valence-electron chi connectivity index (χ4n) is 2.00. The molecule has 0 radical (unpaired) electrons. The zero-order valence-electron chi connectivity index (χ0n) is 12.3. The third-order valence-corrected chi connectivity index (χ3v) is 3.39. The number of hydrogen-bond acceptors (Lipinski definition) is 5. The normalized spacial score (nSPS) is 11.1. The Morgan fingerprint density at radius 1 is 1.43 bits per heavy atom. The Morgan fingerprint density at radius 2 is 2.13 bits per heavy atom. The van der Waals surface area contributed by atoms with E-state index in [4.69, 9.17) is 11.6 Å². The summed E-state index contributed by atoms with van der Waals surface area (Å²) < 4.78 is 1.11. The number of nitro groups is 1. The molecule has 2 aromatic rings. The third-order valence-electron chi connectivity index (χ3n) is 3.04. The average Bonchev–Trinajstić information content (AvgIpc) is 2.84. The molecule has 0 fully saturated rings. The van der Waals surface area contributed by atoms with Gasteiger partial charge in [-0.2, -0.15) is 10.4 Å². The Kier molecular flexibility index (Phi) is 4.57. The van der Waals surface area contributed by atoms with E-state index >= 15 is 0 Å². The lowest BCUT2D eigenvalue weighted by Gasteiger charge is -2.03. The lowest BCUT2D eigenvalue weighted by atomic mass is 10.1. The summed E-state index contributed by atoms with van der Waals surface area (Å²) in [5, 5.41) is 24.3. The number of benzene rings is 1. The van der Waals surface area contributed by atoms with Crippen molar-refractivity contribution in [3.8, 4) is 6.07 Å². The largest absolute Gasteiger partial charge is 0.289 e. The first-order valence-corrected chi connectivity index (χ1v) is 6.85. The second-order valence-corrected chi connectivity index (χ2v) is 5.18. The minimum absolute atomic E-state index is 0.184. The summed E-state index contributed by atoms with van der Waals surface area (Å²) in [6, 6.07) is 7.27. The van der Waals surface area contributed by atoms with Crippen LogP contribution >= 0.6 is 11.6 Å². The number of nitro benzene ring substituents is 1. The van der Waals surface area contributed by atoms with Crippen molar-refractivity contribution in [2.24, 2.45) is 0 Å². The molecule has 116 valence electrons. The number of aromatic nitrogens is 2. The van der Waals surface area contributed by atoms with Crippen molar-refractivity contribution in [3.05, 3.63) is 61.9 Å². The van der Waals surface area contributed by atoms with E-state index in [1.165, 1.54) is 24.3 Å². The van der Waals surface area contributed by atoms with Crippen LogP contribution in [0.1, 0.15) is 21.7 Å². The number of nitriles is 1. The Bertz CT molecular complexity index is 877. The van der Waals surface area contributed by atoms with Crippen LogP contribution in [0, 0.1) is 35.3 Å². The van der Waals surface area contributed by atoms with Gasteiger partial charge in [0.2, 0.25) is 0 Å². The van der Waals surface area contributed by atoms with Crippen molar-refractivity contribution in [2.45, 2.75) is 13.8 Å². The van der Waals surface area contributed by atoms with Crippen molar-refractivity contribution in [1.82, 2.24) is 9.78 Å². The molecule has 0 unspecified atom stereocenters. The van der Waals surface area contributed by atoms with E-state index in [1.54, 1.807) is 26.0 Å². The molecule has 1 heterocycles. The van der Waals surface area contributed by atoms with Crippen LogP contribution < -0.4 is 0 Å². The van der Waals surface area contributed by atoms with E-state index in [0.717, 1.165) is 4.68 Å². The van der Waals surface area contributed by atoms with E-state index in [2.05, 4.69) is 5.10 Å². The Balaban J connectivity index is 2.49. The quantitative estimate of drug-likeness (QED) is 0.372. The number of carbonyl (C=O) groups excluding carboxylic acids is 1. The van der Waals surface area contributed by atoms with Crippen LogP contribution in [0.4, 0.5) is 5.69 Å². The van der Waals surface area contributed by atoms with Crippen LogP contribution in [-0.4, -0.2) is 20.6 Å². The minimum Gasteiger partial charge on any atom is -0.266 e. The van der Waals surface area contributed by atoms with E-state index in [9.17, 15) is 20.2 Å². The van der Waals surface area contributed by atoms with E-state index in [-0.39, 0.29) is 21.8 Å². The van der Waals surface area contributed by atoms with Crippen molar-refractivity contribution >= 4 is 29.3 Å². The number of aryl methyl sites for hydroxylation is 2. The fourth-order valence-corrected chi connectivity index (χ4v) is 2.17. The van der Waals surface area contributed by atoms with Gasteiger partial charge >= 0.3 is 0 Å². The summed E-state index contributed by atoms with van der Waals surface area (Å²) in [5.74, 6) is -0.624. The molecule has 1 aromatic heterocycles. The van der Waals surface area contributed by atoms with Gasteiger partial charge in [-0.25, -0.2) is 4.68 Å². The number of halogens is 1. The average molecular weight is 331 g/mol. The summed E-state index contributed by atoms with van der Waals surface area (Å²) in [5.41, 5.74) is 1.03. The molecule has 0 bridgehead atoms. The molecule has 23 heavy (non-hydrogen) atoms. The summed E-state index contributed by atoms with van der Waals surface area (Å²) in [6.07, 6.45) is 1.22. The van der Waals surface area contributed by atoms with Crippen LogP contribution in [0.3, 0.4) is 0 Å². The third kappa shape index (κ3) is 3.44. The second kappa shape index (κ2) is 6.42. The molecule has 2 rings (SSSR count). The van der Waals surface area contributed by atoms with Gasteiger partial charge < -0.3 is 0 Å². The number of non-ortho nitro benzene ring substituents is 1. The van der Waals surface area contributed by atoms with Gasteiger partial charge in [0.05, 0.1) is 10.6 Å². The first-order chi connectivity index (χ1) is 10.8. The molecule has 0 aliphatic heterocycles. The maximum absolute atomic E-state index is 12.4. The lowest BCUT2D eigenvalue weighted by molar-refractivity contribution is -0.384. The second-order valence-electron chi connectivity index (χ2n) is 4.78. The molecule has 0 N–H and O–H groups in total. The Morgan fingerprint density at radius 3 is 2.65 bits per heavy atom. The Hall–Kier alpha value is -2.98. The van der Waals surface area contributed by atoms with E-state index in [1.807, 2.05) is 0 Å². The predicted octanol–water partition coefficient (Wildman–Crippen LogP) is 3.31. The predicted molar refractivity (Wildman–Crippen MR) is 84.0 cm³/mol. The molecule has 0 aliphatic rings. The number of hydrogen-bond donors (Lipinski definition) is 0. The number of nitrogens with zero attached hydrogens (tertiary/aromatic N) is 4. The van der Waals surface area contributed by atoms with Crippen LogP contribution in [-0.2, 0) is 0 Å². The van der Waals surface area contributed by atoms with Gasteiger partial charge in [0.1, 0.15) is 11.6 Å². The minimum atomic E-state index is -0.624. The fraction of sp³-hybridized carbons (Fsp3) is 0.133. The zero-order valence-corrected chi connectivity index (χ0v) is 13.0. The van der Waals surface area contributed by atoms with Crippen molar-refractivity contribution in [2.75, 3.05) is 0 Å². The first kappa shape index (κ1) is 16.4. The molecule has 0 amide bonds. The van der Waals surface area contributed by atoms with E-state index in [0.29, 0.717) is 11.4 Å². The van der Waals surface area contributed by atoms with Crippen molar-refractivity contribution in [1.29, 1.82) is 5.26 Å². The molecular formula is C15H11ClN4O3. The van der Waals surface area contributed by atoms with Gasteiger partial charge in [0, 0.05) is 28.4 Å². The molecule has 7 nitrogen and oxygen atoms in total. The SMILES string of the molecule is Cc1cc(C)n(C(=O)/C(C#N)=C/c2cc([N+](=O)[O-])ccc2Cl)n1. The maximum Gasteiger partial charge on any atom is 0.289 e. The highest BCUT2D eigenvalue weighted by molar-refractivity contribution is 6.32. The number of carbonyl (C=O) groups is 1. The highest BCUT2D eigenvalue weighted by Crippen LogP contribution is 2.24. The number of allylic oxidation sites excluding steroid dienone is 1. The number of rotatable bonds is 3. The van der Waals surface area contributed by atoms with Crippen molar-refractivity contribution in [3.63, 3.8) is 0 Å². The molecule has 0 aliphatic carbocycles. The molecule has 1 aromatic carbocycles. The molecule has 0 spiro atoms.